The summed E-state index contributed by atoms with van der Waals surface area (Å²) in [7, 11) is 1.30. The van der Waals surface area contributed by atoms with Crippen molar-refractivity contribution in [2.75, 3.05) is 7.11 Å². The Balaban J connectivity index is 2.05. The number of hydrogen-bond acceptors (Lipinski definition) is 5. The number of hydrogen-bond donors (Lipinski definition) is 0. The lowest BCUT2D eigenvalue weighted by molar-refractivity contribution is -0.142. The van der Waals surface area contributed by atoms with E-state index in [0.717, 1.165) is 5.56 Å². The number of nitrogens with zero attached hydrogens (tertiary/aromatic N) is 1. The molecule has 1 aromatic carbocycles. The van der Waals surface area contributed by atoms with Crippen LogP contribution >= 0.6 is 35.6 Å². The molecular weight excluding hydrogens is 318 g/mol. The average molecular weight is 330 g/mol. The van der Waals surface area contributed by atoms with Gasteiger partial charge in [0.05, 0.1) is 20.1 Å². The fourth-order valence-electron chi connectivity index (χ4n) is 1.78. The lowest BCUT2D eigenvalue weighted by Gasteiger charge is -2.15. The minimum Gasteiger partial charge on any atom is -0.469 e. The van der Waals surface area contributed by atoms with Gasteiger partial charge in [0, 0.05) is 5.02 Å². The zero-order valence-electron chi connectivity index (χ0n) is 10.7. The molecule has 4 nitrogen and oxygen atoms in total. The highest BCUT2D eigenvalue weighted by Gasteiger charge is 2.38. The number of thioether (sulfide) groups is 1. The van der Waals surface area contributed by atoms with Gasteiger partial charge in [-0.25, -0.2) is 0 Å². The molecule has 0 N–H and O–H groups in total. The highest BCUT2D eigenvalue weighted by molar-refractivity contribution is 8.24. The van der Waals surface area contributed by atoms with Gasteiger partial charge >= 0.3 is 5.97 Å². The number of carbonyl (C=O) groups excluding carboxylic acids is 2. The number of amides is 1. The molecule has 0 aliphatic carbocycles. The van der Waals surface area contributed by atoms with Crippen molar-refractivity contribution in [1.29, 1.82) is 0 Å². The van der Waals surface area contributed by atoms with E-state index in [0.29, 0.717) is 15.9 Å². The second-order valence-electron chi connectivity index (χ2n) is 4.20. The molecule has 106 valence electrons. The normalized spacial score (nSPS) is 18.5. The molecular formula is C13H12ClNO3S2. The van der Waals surface area contributed by atoms with Crippen LogP contribution in [0.1, 0.15) is 12.0 Å². The summed E-state index contributed by atoms with van der Waals surface area (Å²) in [5.74, 6) is -0.563. The van der Waals surface area contributed by atoms with E-state index in [1.165, 1.54) is 23.8 Å². The van der Waals surface area contributed by atoms with Gasteiger partial charge in [0.25, 0.3) is 0 Å². The van der Waals surface area contributed by atoms with Crippen LogP contribution in [-0.4, -0.2) is 33.5 Å². The van der Waals surface area contributed by atoms with E-state index in [2.05, 4.69) is 4.74 Å². The second kappa shape index (κ2) is 6.56. The molecule has 0 bridgehead atoms. The van der Waals surface area contributed by atoms with Crippen molar-refractivity contribution in [3.63, 3.8) is 0 Å². The van der Waals surface area contributed by atoms with Crippen molar-refractivity contribution >= 4 is 51.8 Å². The third-order valence-corrected chi connectivity index (χ3v) is 4.67. The number of methoxy groups -OCH3 is 1. The fraction of sp³-hybridized carbons (Fsp3) is 0.308. The third kappa shape index (κ3) is 3.50. The molecule has 1 unspecified atom stereocenters. The Bertz CT molecular complexity index is 547. The Morgan fingerprint density at radius 2 is 2.10 bits per heavy atom. The lowest BCUT2D eigenvalue weighted by atomic mass is 10.2. The molecule has 2 rings (SSSR count). The molecule has 0 aromatic heterocycles. The first kappa shape index (κ1) is 15.3. The van der Waals surface area contributed by atoms with E-state index in [1.54, 1.807) is 12.1 Å². The van der Waals surface area contributed by atoms with E-state index >= 15 is 0 Å². The van der Waals surface area contributed by atoms with Crippen LogP contribution < -0.4 is 0 Å². The zero-order chi connectivity index (χ0) is 14.7. The minimum absolute atomic E-state index is 0.0389. The minimum atomic E-state index is -0.484. The van der Waals surface area contributed by atoms with Gasteiger partial charge in [0.1, 0.15) is 9.57 Å². The van der Waals surface area contributed by atoms with Gasteiger partial charge < -0.3 is 4.74 Å². The molecule has 20 heavy (non-hydrogen) atoms. The lowest BCUT2D eigenvalue weighted by Crippen LogP contribution is -2.31. The molecule has 1 aliphatic rings. The van der Waals surface area contributed by atoms with Crippen LogP contribution in [0.2, 0.25) is 5.02 Å². The van der Waals surface area contributed by atoms with Gasteiger partial charge in [-0.2, -0.15) is 0 Å². The molecule has 0 spiro atoms. The number of benzene rings is 1. The number of rotatable bonds is 4. The SMILES string of the molecule is COC(=O)CC1SC(=S)N(Cc2ccc(Cl)cc2)C1=O. The molecule has 0 radical (unpaired) electrons. The first-order valence-electron chi connectivity index (χ1n) is 5.84. The van der Waals surface area contributed by atoms with E-state index in [9.17, 15) is 9.59 Å². The van der Waals surface area contributed by atoms with Crippen molar-refractivity contribution in [1.82, 2.24) is 4.90 Å². The molecule has 0 saturated carbocycles. The highest BCUT2D eigenvalue weighted by atomic mass is 35.5. The van der Waals surface area contributed by atoms with Gasteiger partial charge in [-0.05, 0) is 17.7 Å². The third-order valence-electron chi connectivity index (χ3n) is 2.84. The number of thiocarbonyl (C=S) groups is 1. The largest absolute Gasteiger partial charge is 0.469 e. The predicted molar refractivity (Wildman–Crippen MR) is 82.6 cm³/mol. The summed E-state index contributed by atoms with van der Waals surface area (Å²) in [6.45, 7) is 0.388. The van der Waals surface area contributed by atoms with Gasteiger partial charge in [-0.1, -0.05) is 47.7 Å². The van der Waals surface area contributed by atoms with E-state index in [4.69, 9.17) is 23.8 Å². The second-order valence-corrected chi connectivity index (χ2v) is 6.48. The molecule has 7 heteroatoms. The average Bonchev–Trinajstić information content (AvgIpc) is 2.68. The zero-order valence-corrected chi connectivity index (χ0v) is 13.1. The maximum atomic E-state index is 12.2. The Labute approximate surface area is 131 Å². The van der Waals surface area contributed by atoms with Crippen molar-refractivity contribution in [2.24, 2.45) is 0 Å². The summed E-state index contributed by atoms with van der Waals surface area (Å²) < 4.78 is 5.07. The van der Waals surface area contributed by atoms with Gasteiger partial charge in [-0.15, -0.1) is 0 Å². The van der Waals surface area contributed by atoms with Crippen LogP contribution in [0.3, 0.4) is 0 Å². The van der Waals surface area contributed by atoms with Crippen LogP contribution in [0.15, 0.2) is 24.3 Å². The standard InChI is InChI=1S/C13H12ClNO3S2/c1-18-11(16)6-10-12(17)15(13(19)20-10)7-8-2-4-9(14)5-3-8/h2-5,10H,6-7H2,1H3. The molecule has 1 amide bonds. The highest BCUT2D eigenvalue weighted by Crippen LogP contribution is 2.31. The first-order chi connectivity index (χ1) is 9.51. The number of esters is 1. The van der Waals surface area contributed by atoms with Crippen molar-refractivity contribution in [2.45, 2.75) is 18.2 Å². The van der Waals surface area contributed by atoms with E-state index in [-0.39, 0.29) is 12.3 Å². The number of halogens is 1. The fourth-order valence-corrected chi connectivity index (χ4v) is 3.38. The maximum Gasteiger partial charge on any atom is 0.307 e. The molecule has 1 aromatic rings. The molecule has 1 aliphatic heterocycles. The molecule has 1 heterocycles. The molecule has 1 atom stereocenters. The van der Waals surface area contributed by atoms with Crippen molar-refractivity contribution in [3.8, 4) is 0 Å². The van der Waals surface area contributed by atoms with Crippen molar-refractivity contribution in [3.05, 3.63) is 34.9 Å². The van der Waals surface area contributed by atoms with E-state index in [1.807, 2.05) is 12.1 Å². The number of ether oxygens (including phenoxy) is 1. The first-order valence-corrected chi connectivity index (χ1v) is 7.51. The summed E-state index contributed by atoms with van der Waals surface area (Å²) in [6, 6.07) is 7.21. The van der Waals surface area contributed by atoms with Crippen LogP contribution in [0.5, 0.6) is 0 Å². The maximum absolute atomic E-state index is 12.2. The van der Waals surface area contributed by atoms with Crippen LogP contribution in [0.25, 0.3) is 0 Å². The van der Waals surface area contributed by atoms with Crippen LogP contribution in [-0.2, 0) is 20.9 Å². The predicted octanol–water partition coefficient (Wildman–Crippen LogP) is 2.63. The van der Waals surface area contributed by atoms with Gasteiger partial charge in [-0.3, -0.25) is 14.5 Å². The Morgan fingerprint density at radius 3 is 2.70 bits per heavy atom. The quantitative estimate of drug-likeness (QED) is 0.627. The molecule has 1 fully saturated rings. The van der Waals surface area contributed by atoms with E-state index < -0.39 is 11.2 Å². The monoisotopic (exact) mass is 329 g/mol. The summed E-state index contributed by atoms with van der Waals surface area (Å²) >= 11 is 12.2. The Hall–Kier alpha value is -1.11. The Kier molecular flexibility index (Phi) is 5.01. The number of carbonyl (C=O) groups is 2. The summed E-state index contributed by atoms with van der Waals surface area (Å²) in [5.41, 5.74) is 0.935. The smallest absolute Gasteiger partial charge is 0.307 e. The van der Waals surface area contributed by atoms with Crippen LogP contribution in [0, 0.1) is 0 Å². The molecule has 1 saturated heterocycles. The van der Waals surface area contributed by atoms with Gasteiger partial charge in [0.2, 0.25) is 5.91 Å². The van der Waals surface area contributed by atoms with Crippen molar-refractivity contribution < 1.29 is 14.3 Å². The summed E-state index contributed by atoms with van der Waals surface area (Å²) in [6.07, 6.45) is 0.0389. The van der Waals surface area contributed by atoms with Gasteiger partial charge in [0.15, 0.2) is 0 Å². The summed E-state index contributed by atoms with van der Waals surface area (Å²) in [4.78, 5) is 25.0. The topological polar surface area (TPSA) is 46.6 Å². The van der Waals surface area contributed by atoms with Crippen LogP contribution in [0.4, 0.5) is 0 Å². The Morgan fingerprint density at radius 1 is 1.45 bits per heavy atom. The summed E-state index contributed by atoms with van der Waals surface area (Å²) in [5, 5.41) is 0.157.